The molecule has 120 valence electrons. The van der Waals surface area contributed by atoms with Gasteiger partial charge >= 0.3 is 0 Å². The maximum atomic E-state index is 12.7. The van der Waals surface area contributed by atoms with Crippen molar-refractivity contribution >= 4 is 27.7 Å². The Morgan fingerprint density at radius 1 is 1.13 bits per heavy atom. The van der Waals surface area contributed by atoms with Gasteiger partial charge in [-0.1, -0.05) is 70.6 Å². The van der Waals surface area contributed by atoms with Crippen molar-refractivity contribution in [3.8, 4) is 0 Å². The Balaban J connectivity index is 1.69. The lowest BCUT2D eigenvalue weighted by Crippen LogP contribution is -2.58. The molecular formula is C18H19BrN2O2. The summed E-state index contributed by atoms with van der Waals surface area (Å²) in [6, 6.07) is 9.30. The first kappa shape index (κ1) is 16.0. The average Bonchev–Trinajstić information content (AvgIpc) is 2.55. The molecule has 1 fully saturated rings. The van der Waals surface area contributed by atoms with Gasteiger partial charge in [0.25, 0.3) is 0 Å². The fraction of sp³-hybridized carbons (Fsp3) is 0.333. The van der Waals surface area contributed by atoms with Gasteiger partial charge < -0.3 is 10.2 Å². The Morgan fingerprint density at radius 2 is 1.87 bits per heavy atom. The standard InChI is InChI=1S/C18H19BrN2O2/c19-15-9-5-4-8-14(15)10-16-18(23)21(12-17(22)20-16)11-13-6-2-1-3-7-13/h1-9,14-16H,10-12H2,(H,20,22)/t14-,15?,16-/m1/s1. The second kappa shape index (κ2) is 7.13. The van der Waals surface area contributed by atoms with E-state index in [4.69, 9.17) is 0 Å². The number of hydrogen-bond acceptors (Lipinski definition) is 2. The summed E-state index contributed by atoms with van der Waals surface area (Å²) < 4.78 is 0. The monoisotopic (exact) mass is 374 g/mol. The van der Waals surface area contributed by atoms with E-state index in [2.05, 4.69) is 33.4 Å². The van der Waals surface area contributed by atoms with Gasteiger partial charge in [-0.25, -0.2) is 0 Å². The van der Waals surface area contributed by atoms with Gasteiger partial charge in [-0.15, -0.1) is 0 Å². The first-order chi connectivity index (χ1) is 11.1. The molecule has 1 saturated heterocycles. The number of alkyl halides is 1. The molecular weight excluding hydrogens is 356 g/mol. The molecule has 0 aromatic heterocycles. The van der Waals surface area contributed by atoms with E-state index in [9.17, 15) is 9.59 Å². The van der Waals surface area contributed by atoms with Gasteiger partial charge in [0.2, 0.25) is 11.8 Å². The molecule has 23 heavy (non-hydrogen) atoms. The van der Waals surface area contributed by atoms with Crippen molar-refractivity contribution in [1.29, 1.82) is 0 Å². The summed E-state index contributed by atoms with van der Waals surface area (Å²) in [6.07, 6.45) is 8.71. The van der Waals surface area contributed by atoms with Gasteiger partial charge in [0.05, 0.1) is 6.54 Å². The van der Waals surface area contributed by atoms with Gasteiger partial charge in [0, 0.05) is 11.4 Å². The maximum absolute atomic E-state index is 12.7. The minimum Gasteiger partial charge on any atom is -0.343 e. The predicted molar refractivity (Wildman–Crippen MR) is 92.9 cm³/mol. The van der Waals surface area contributed by atoms with E-state index in [0.29, 0.717) is 13.0 Å². The van der Waals surface area contributed by atoms with E-state index in [-0.39, 0.29) is 29.1 Å². The summed E-state index contributed by atoms with van der Waals surface area (Å²) in [7, 11) is 0. The highest BCUT2D eigenvalue weighted by Gasteiger charge is 2.34. The molecule has 3 rings (SSSR count). The van der Waals surface area contributed by atoms with Crippen LogP contribution in [0.3, 0.4) is 0 Å². The summed E-state index contributed by atoms with van der Waals surface area (Å²) in [5.74, 6) is 0.106. The third-order valence-electron chi connectivity index (χ3n) is 4.18. The topological polar surface area (TPSA) is 49.4 Å². The summed E-state index contributed by atoms with van der Waals surface area (Å²) in [4.78, 5) is 26.5. The third-order valence-corrected chi connectivity index (χ3v) is 5.16. The number of allylic oxidation sites excluding steroid dienone is 4. The van der Waals surface area contributed by atoms with Gasteiger partial charge in [-0.2, -0.15) is 0 Å². The number of carbonyl (C=O) groups excluding carboxylic acids is 2. The molecule has 3 atom stereocenters. The van der Waals surface area contributed by atoms with Crippen LogP contribution in [0, 0.1) is 5.92 Å². The SMILES string of the molecule is O=C1CN(Cc2ccccc2)C(=O)[C@@H](C[C@H]2C=CC=CC2Br)N1. The minimum absolute atomic E-state index is 0.00361. The number of halogens is 1. The molecule has 0 bridgehead atoms. The minimum atomic E-state index is -0.457. The molecule has 1 aromatic carbocycles. The third kappa shape index (κ3) is 3.91. The fourth-order valence-electron chi connectivity index (χ4n) is 2.98. The van der Waals surface area contributed by atoms with E-state index in [1.807, 2.05) is 42.5 Å². The van der Waals surface area contributed by atoms with E-state index < -0.39 is 6.04 Å². The molecule has 1 aliphatic heterocycles. The molecule has 1 N–H and O–H groups in total. The van der Waals surface area contributed by atoms with Crippen LogP contribution < -0.4 is 5.32 Å². The largest absolute Gasteiger partial charge is 0.343 e. The van der Waals surface area contributed by atoms with Crippen LogP contribution in [0.15, 0.2) is 54.6 Å². The molecule has 0 radical (unpaired) electrons. The number of nitrogens with one attached hydrogen (secondary N) is 1. The van der Waals surface area contributed by atoms with Crippen molar-refractivity contribution in [2.45, 2.75) is 23.8 Å². The molecule has 1 aliphatic carbocycles. The fourth-order valence-corrected chi connectivity index (χ4v) is 3.55. The number of carbonyl (C=O) groups is 2. The highest BCUT2D eigenvalue weighted by atomic mass is 79.9. The van der Waals surface area contributed by atoms with Crippen LogP contribution in [0.25, 0.3) is 0 Å². The van der Waals surface area contributed by atoms with Crippen molar-refractivity contribution in [3.05, 3.63) is 60.2 Å². The first-order valence-corrected chi connectivity index (χ1v) is 8.66. The quantitative estimate of drug-likeness (QED) is 0.822. The molecule has 1 aromatic rings. The Hall–Kier alpha value is -1.88. The zero-order valence-electron chi connectivity index (χ0n) is 12.7. The van der Waals surface area contributed by atoms with Crippen LogP contribution in [-0.4, -0.2) is 34.1 Å². The molecule has 5 heteroatoms. The summed E-state index contributed by atoms with van der Waals surface area (Å²) >= 11 is 3.61. The lowest BCUT2D eigenvalue weighted by molar-refractivity contribution is -0.145. The van der Waals surface area contributed by atoms with Crippen LogP contribution in [0.1, 0.15) is 12.0 Å². The number of hydrogen-bond donors (Lipinski definition) is 1. The molecule has 0 saturated carbocycles. The Bertz CT molecular complexity index is 642. The second-order valence-corrected chi connectivity index (χ2v) is 6.97. The highest BCUT2D eigenvalue weighted by Crippen LogP contribution is 2.26. The number of nitrogens with zero attached hydrogens (tertiary/aromatic N) is 1. The van der Waals surface area contributed by atoms with E-state index >= 15 is 0 Å². The maximum Gasteiger partial charge on any atom is 0.245 e. The average molecular weight is 375 g/mol. The number of amides is 2. The summed E-state index contributed by atoms with van der Waals surface area (Å²) in [6.45, 7) is 0.601. The van der Waals surface area contributed by atoms with E-state index in [1.165, 1.54) is 0 Å². The molecule has 0 spiro atoms. The molecule has 2 amide bonds. The van der Waals surface area contributed by atoms with Crippen LogP contribution in [0.2, 0.25) is 0 Å². The Labute approximate surface area is 144 Å². The highest BCUT2D eigenvalue weighted by molar-refractivity contribution is 9.09. The Morgan fingerprint density at radius 3 is 2.61 bits per heavy atom. The van der Waals surface area contributed by atoms with Crippen LogP contribution in [0.4, 0.5) is 0 Å². The van der Waals surface area contributed by atoms with Crippen LogP contribution in [0.5, 0.6) is 0 Å². The molecule has 1 unspecified atom stereocenters. The first-order valence-electron chi connectivity index (χ1n) is 7.74. The van der Waals surface area contributed by atoms with Crippen molar-refractivity contribution < 1.29 is 9.59 Å². The summed E-state index contributed by atoms with van der Waals surface area (Å²) in [5.41, 5.74) is 1.04. The zero-order valence-corrected chi connectivity index (χ0v) is 14.3. The van der Waals surface area contributed by atoms with Gasteiger partial charge in [0.1, 0.15) is 6.04 Å². The lowest BCUT2D eigenvalue weighted by Gasteiger charge is -2.34. The smallest absolute Gasteiger partial charge is 0.245 e. The number of rotatable bonds is 4. The second-order valence-electron chi connectivity index (χ2n) is 5.91. The van der Waals surface area contributed by atoms with Crippen molar-refractivity contribution in [2.24, 2.45) is 5.92 Å². The van der Waals surface area contributed by atoms with Crippen LogP contribution in [-0.2, 0) is 16.1 Å². The van der Waals surface area contributed by atoms with Crippen LogP contribution >= 0.6 is 15.9 Å². The van der Waals surface area contributed by atoms with Crippen molar-refractivity contribution in [2.75, 3.05) is 6.54 Å². The molecule has 2 aliphatic rings. The van der Waals surface area contributed by atoms with Crippen molar-refractivity contribution in [1.82, 2.24) is 10.2 Å². The van der Waals surface area contributed by atoms with E-state index in [0.717, 1.165) is 5.56 Å². The zero-order chi connectivity index (χ0) is 16.2. The lowest BCUT2D eigenvalue weighted by atomic mass is 9.92. The van der Waals surface area contributed by atoms with E-state index in [1.54, 1.807) is 4.90 Å². The number of piperazine rings is 1. The van der Waals surface area contributed by atoms with Gasteiger partial charge in [0.15, 0.2) is 0 Å². The van der Waals surface area contributed by atoms with Gasteiger partial charge in [-0.05, 0) is 17.9 Å². The Kier molecular flexibility index (Phi) is 4.96. The van der Waals surface area contributed by atoms with Crippen molar-refractivity contribution in [3.63, 3.8) is 0 Å². The molecule has 1 heterocycles. The van der Waals surface area contributed by atoms with Gasteiger partial charge in [-0.3, -0.25) is 9.59 Å². The summed E-state index contributed by atoms with van der Waals surface area (Å²) in [5, 5.41) is 2.84. The number of benzene rings is 1. The normalized spacial score (nSPS) is 27.2. The molecule has 4 nitrogen and oxygen atoms in total. The predicted octanol–water partition coefficient (Wildman–Crippen LogP) is 2.41.